The van der Waals surface area contributed by atoms with E-state index < -0.39 is 0 Å². The van der Waals surface area contributed by atoms with Crippen molar-refractivity contribution in [1.82, 2.24) is 0 Å². The first-order valence-corrected chi connectivity index (χ1v) is 9.59. The van der Waals surface area contributed by atoms with Gasteiger partial charge in [-0.25, -0.2) is 9.98 Å². The third-order valence-corrected chi connectivity index (χ3v) is 4.87. The summed E-state index contributed by atoms with van der Waals surface area (Å²) in [5.74, 6) is 1.06. The summed E-state index contributed by atoms with van der Waals surface area (Å²) in [6, 6.07) is 17.6. The molecule has 2 aromatic carbocycles. The summed E-state index contributed by atoms with van der Waals surface area (Å²) in [6.45, 7) is 0. The zero-order chi connectivity index (χ0) is 17.6. The van der Waals surface area contributed by atoms with Gasteiger partial charge in [-0.1, -0.05) is 80.4 Å². The first-order valence-electron chi connectivity index (χ1n) is 7.88. The first-order chi connectivity index (χ1) is 12.1. The van der Waals surface area contributed by atoms with Crippen LogP contribution in [0.1, 0.15) is 12.0 Å². The minimum Gasteiger partial charge on any atom is -0.383 e. The average Bonchev–Trinajstić information content (AvgIpc) is 2.63. The van der Waals surface area contributed by atoms with Gasteiger partial charge in [-0.15, -0.1) is 0 Å². The van der Waals surface area contributed by atoms with Crippen LogP contribution in [0.3, 0.4) is 0 Å². The Morgan fingerprint density at radius 1 is 1.04 bits per heavy atom. The van der Waals surface area contributed by atoms with E-state index >= 15 is 0 Å². The van der Waals surface area contributed by atoms with Crippen LogP contribution in [0.5, 0.6) is 0 Å². The lowest BCUT2D eigenvalue weighted by Gasteiger charge is -2.11. The number of para-hydroxylation sites is 1. The Morgan fingerprint density at radius 3 is 2.40 bits per heavy atom. The zero-order valence-electron chi connectivity index (χ0n) is 13.4. The van der Waals surface area contributed by atoms with Crippen molar-refractivity contribution < 1.29 is 0 Å². The van der Waals surface area contributed by atoms with Crippen LogP contribution in [-0.4, -0.2) is 16.5 Å². The Morgan fingerprint density at radius 2 is 1.76 bits per heavy atom. The van der Waals surface area contributed by atoms with E-state index in [0.29, 0.717) is 16.5 Å². The number of allylic oxidation sites excluding steroid dienone is 2. The van der Waals surface area contributed by atoms with Crippen LogP contribution in [0.4, 0.5) is 5.69 Å². The van der Waals surface area contributed by atoms with Gasteiger partial charge < -0.3 is 5.73 Å². The molecule has 25 heavy (non-hydrogen) atoms. The molecule has 1 aliphatic carbocycles. The lowest BCUT2D eigenvalue weighted by Crippen LogP contribution is -2.18. The molecule has 1 atom stereocenters. The van der Waals surface area contributed by atoms with Crippen LogP contribution in [0.25, 0.3) is 0 Å². The molecule has 0 spiro atoms. The van der Waals surface area contributed by atoms with Gasteiger partial charge in [0.15, 0.2) is 5.84 Å². The number of nitrogens with two attached hydrogens (primary N) is 1. The number of aliphatic imine (C=N–C) groups is 2. The molecule has 5 heteroatoms. The number of rotatable bonds is 3. The topological polar surface area (TPSA) is 50.7 Å². The molecule has 1 unspecified atom stereocenters. The Labute approximate surface area is 164 Å². The summed E-state index contributed by atoms with van der Waals surface area (Å²) in [5, 5.41) is 0. The summed E-state index contributed by atoms with van der Waals surface area (Å²) < 4.78 is 1.01. The van der Waals surface area contributed by atoms with Crippen molar-refractivity contribution in [3.05, 3.63) is 88.4 Å². The minimum absolute atomic E-state index is 0.355. The molecule has 0 saturated heterocycles. The second kappa shape index (κ2) is 8.41. The number of amidine groups is 2. The number of alkyl halides is 1. The molecular formula is C20H17Br2N3. The fraction of sp³-hybridized carbons (Fsp3) is 0.100. The number of nitrogens with zero attached hydrogens (tertiary/aromatic N) is 2. The molecule has 2 N–H and O–H groups in total. The molecule has 0 amide bonds. The highest BCUT2D eigenvalue weighted by molar-refractivity contribution is 9.10. The van der Waals surface area contributed by atoms with Crippen LogP contribution in [0.15, 0.2) is 92.9 Å². The van der Waals surface area contributed by atoms with Crippen molar-refractivity contribution >= 4 is 49.2 Å². The van der Waals surface area contributed by atoms with E-state index in [1.165, 1.54) is 0 Å². The Kier molecular flexibility index (Phi) is 6.00. The van der Waals surface area contributed by atoms with Crippen molar-refractivity contribution in [3.63, 3.8) is 0 Å². The highest BCUT2D eigenvalue weighted by Gasteiger charge is 2.10. The predicted molar refractivity (Wildman–Crippen MR) is 113 cm³/mol. The van der Waals surface area contributed by atoms with Gasteiger partial charge in [-0.05, 0) is 30.7 Å². The second-order valence-electron chi connectivity index (χ2n) is 5.55. The van der Waals surface area contributed by atoms with Crippen LogP contribution in [-0.2, 0) is 0 Å². The number of benzene rings is 2. The van der Waals surface area contributed by atoms with Crippen LogP contribution in [0.2, 0.25) is 0 Å². The van der Waals surface area contributed by atoms with Gasteiger partial charge in [0.1, 0.15) is 5.84 Å². The van der Waals surface area contributed by atoms with Gasteiger partial charge in [0.2, 0.25) is 0 Å². The minimum atomic E-state index is 0.355. The van der Waals surface area contributed by atoms with Crippen molar-refractivity contribution in [3.8, 4) is 0 Å². The smallest absolute Gasteiger partial charge is 0.162 e. The van der Waals surface area contributed by atoms with Crippen LogP contribution in [0, 0.1) is 0 Å². The average molecular weight is 459 g/mol. The van der Waals surface area contributed by atoms with E-state index in [4.69, 9.17) is 5.73 Å². The van der Waals surface area contributed by atoms with Gasteiger partial charge in [-0.3, -0.25) is 0 Å². The van der Waals surface area contributed by atoms with E-state index in [-0.39, 0.29) is 0 Å². The molecule has 0 aromatic heterocycles. The first kappa shape index (κ1) is 17.8. The maximum absolute atomic E-state index is 6.24. The molecule has 2 aromatic rings. The maximum Gasteiger partial charge on any atom is 0.162 e. The monoisotopic (exact) mass is 457 g/mol. The Bertz CT molecular complexity index is 850. The summed E-state index contributed by atoms with van der Waals surface area (Å²) >= 11 is 7.02. The highest BCUT2D eigenvalue weighted by Crippen LogP contribution is 2.19. The van der Waals surface area contributed by atoms with Crippen molar-refractivity contribution in [2.75, 3.05) is 0 Å². The van der Waals surface area contributed by atoms with Crippen molar-refractivity contribution in [2.45, 2.75) is 11.2 Å². The maximum atomic E-state index is 6.24. The molecule has 0 fully saturated rings. The quantitative estimate of drug-likeness (QED) is 0.366. The number of hydrogen-bond donors (Lipinski definition) is 1. The molecule has 126 valence electrons. The van der Waals surface area contributed by atoms with E-state index in [9.17, 15) is 0 Å². The van der Waals surface area contributed by atoms with E-state index in [1.807, 2.05) is 60.7 Å². The largest absolute Gasteiger partial charge is 0.383 e. The number of halogens is 2. The van der Waals surface area contributed by atoms with Gasteiger partial charge >= 0.3 is 0 Å². The molecule has 0 bridgehead atoms. The van der Waals surface area contributed by atoms with E-state index in [1.54, 1.807) is 0 Å². The normalized spacial score (nSPS) is 18.2. The molecule has 0 heterocycles. The van der Waals surface area contributed by atoms with Gasteiger partial charge in [0, 0.05) is 20.4 Å². The third-order valence-electron chi connectivity index (χ3n) is 3.66. The third kappa shape index (κ3) is 5.00. The molecule has 0 saturated carbocycles. The molecule has 3 rings (SSSR count). The van der Waals surface area contributed by atoms with E-state index in [2.05, 4.69) is 54.0 Å². The number of hydrogen-bond acceptors (Lipinski definition) is 1. The molecule has 0 radical (unpaired) electrons. The zero-order valence-corrected chi connectivity index (χ0v) is 16.6. The summed E-state index contributed by atoms with van der Waals surface area (Å²) in [5.41, 5.74) is 8.91. The van der Waals surface area contributed by atoms with Crippen molar-refractivity contribution in [1.29, 1.82) is 0 Å². The second-order valence-corrected chi connectivity index (χ2v) is 7.64. The molecule has 0 aliphatic heterocycles. The van der Waals surface area contributed by atoms with Crippen LogP contribution < -0.4 is 5.73 Å². The van der Waals surface area contributed by atoms with Crippen LogP contribution >= 0.6 is 31.9 Å². The van der Waals surface area contributed by atoms with Gasteiger partial charge in [0.25, 0.3) is 0 Å². The fourth-order valence-electron chi connectivity index (χ4n) is 2.34. The Balaban J connectivity index is 1.99. The molecule has 1 aliphatic rings. The van der Waals surface area contributed by atoms with Crippen molar-refractivity contribution in [2.24, 2.45) is 15.7 Å². The van der Waals surface area contributed by atoms with Gasteiger partial charge in [-0.2, -0.15) is 0 Å². The SMILES string of the molecule is NC(=NC(=Nc1ccccc1)c1ccc(Br)cc1)C1=CCC(Br)C=C1. The molecular weight excluding hydrogens is 442 g/mol. The summed E-state index contributed by atoms with van der Waals surface area (Å²) in [6.07, 6.45) is 7.04. The fourth-order valence-corrected chi connectivity index (χ4v) is 2.94. The van der Waals surface area contributed by atoms with Gasteiger partial charge in [0.05, 0.1) is 5.69 Å². The summed E-state index contributed by atoms with van der Waals surface area (Å²) in [7, 11) is 0. The lowest BCUT2D eigenvalue weighted by molar-refractivity contribution is 1.06. The highest BCUT2D eigenvalue weighted by atomic mass is 79.9. The Hall–Kier alpha value is -1.98. The lowest BCUT2D eigenvalue weighted by atomic mass is 10.1. The standard InChI is InChI=1S/C20H17Br2N3/c21-16-10-6-14(7-11-16)19(23)25-20(15-8-12-17(22)13-9-15)24-18-4-2-1-3-5-18/h1-10,12-13,16H,11H2,(H2,23,24,25). The summed E-state index contributed by atoms with van der Waals surface area (Å²) in [4.78, 5) is 9.65. The molecule has 3 nitrogen and oxygen atoms in total. The van der Waals surface area contributed by atoms with E-state index in [0.717, 1.165) is 27.7 Å². The predicted octanol–water partition coefficient (Wildman–Crippen LogP) is 5.53.